The fraction of sp³-hybridized carbons (Fsp3) is 0.667. The second kappa shape index (κ2) is 4.01. The Bertz CT molecular complexity index is 379. The molecule has 2 heterocycles. The van der Waals surface area contributed by atoms with Gasteiger partial charge in [0.25, 0.3) is 0 Å². The molecule has 2 fully saturated rings. The van der Waals surface area contributed by atoms with Crippen LogP contribution in [0, 0.1) is 17.3 Å². The summed E-state index contributed by atoms with van der Waals surface area (Å²) >= 11 is 0. The topological polar surface area (TPSA) is 16.1 Å². The fourth-order valence-electron chi connectivity index (χ4n) is 3.53. The van der Waals surface area contributed by atoms with Gasteiger partial charge in [-0.2, -0.15) is 0 Å². The number of nitrogens with zero attached hydrogens (tertiary/aromatic N) is 2. The lowest BCUT2D eigenvalue weighted by Gasteiger charge is -2.47. The highest BCUT2D eigenvalue weighted by atomic mass is 15.2. The smallest absolute Gasteiger partial charge is 0.128 e. The van der Waals surface area contributed by atoms with E-state index >= 15 is 0 Å². The van der Waals surface area contributed by atoms with E-state index < -0.39 is 0 Å². The molecule has 2 nitrogen and oxygen atoms in total. The molecule has 0 bridgehead atoms. The molecule has 1 aliphatic carbocycles. The molecule has 1 aromatic rings. The van der Waals surface area contributed by atoms with Crippen LogP contribution in [-0.2, 0) is 0 Å². The molecule has 1 aliphatic heterocycles. The second-order valence-electron chi connectivity index (χ2n) is 6.27. The summed E-state index contributed by atoms with van der Waals surface area (Å²) in [6, 6.07) is 6.22. The number of pyridine rings is 1. The van der Waals surface area contributed by atoms with Gasteiger partial charge in [-0.3, -0.25) is 0 Å². The van der Waals surface area contributed by atoms with Gasteiger partial charge >= 0.3 is 0 Å². The van der Waals surface area contributed by atoms with Crippen molar-refractivity contribution >= 4 is 5.82 Å². The highest BCUT2D eigenvalue weighted by Gasteiger charge is 2.49. The fourth-order valence-corrected chi connectivity index (χ4v) is 3.53. The monoisotopic (exact) mass is 230 g/mol. The van der Waals surface area contributed by atoms with Crippen molar-refractivity contribution in [3.05, 3.63) is 24.4 Å². The van der Waals surface area contributed by atoms with E-state index in [4.69, 9.17) is 0 Å². The number of aromatic nitrogens is 1. The number of anilines is 1. The molecule has 92 valence electrons. The molecule has 0 unspecified atom stereocenters. The molecular formula is C15H22N2. The third-order valence-corrected chi connectivity index (χ3v) is 4.74. The van der Waals surface area contributed by atoms with Crippen LogP contribution in [-0.4, -0.2) is 18.1 Å². The molecule has 1 saturated heterocycles. The van der Waals surface area contributed by atoms with Crippen LogP contribution < -0.4 is 4.90 Å². The van der Waals surface area contributed by atoms with Gasteiger partial charge in [0, 0.05) is 19.3 Å². The van der Waals surface area contributed by atoms with Crippen LogP contribution in [0.5, 0.6) is 0 Å². The van der Waals surface area contributed by atoms with Crippen LogP contribution in [0.4, 0.5) is 5.82 Å². The molecule has 3 rings (SSSR count). The van der Waals surface area contributed by atoms with E-state index in [1.54, 1.807) is 0 Å². The van der Waals surface area contributed by atoms with Crippen molar-refractivity contribution in [2.45, 2.75) is 33.1 Å². The summed E-state index contributed by atoms with van der Waals surface area (Å²) in [4.78, 5) is 6.93. The zero-order chi connectivity index (χ0) is 11.9. The third kappa shape index (κ3) is 1.94. The van der Waals surface area contributed by atoms with Gasteiger partial charge in [-0.05, 0) is 48.6 Å². The molecule has 17 heavy (non-hydrogen) atoms. The molecule has 2 heteroatoms. The molecule has 0 aromatic carbocycles. The van der Waals surface area contributed by atoms with Crippen molar-refractivity contribution in [3.8, 4) is 0 Å². The van der Waals surface area contributed by atoms with Crippen molar-refractivity contribution < 1.29 is 0 Å². The molecule has 0 radical (unpaired) electrons. The summed E-state index contributed by atoms with van der Waals surface area (Å²) in [6.07, 6.45) is 6.15. The van der Waals surface area contributed by atoms with Crippen molar-refractivity contribution in [2.24, 2.45) is 17.3 Å². The van der Waals surface area contributed by atoms with Gasteiger partial charge < -0.3 is 4.90 Å². The standard InChI is InChI=1S/C15H22N2/c1-12(2)13-9-15(10-13)6-8-17(11-15)14-5-3-4-7-16-14/h3-5,7,12-13H,6,8-11H2,1-2H3. The van der Waals surface area contributed by atoms with Crippen LogP contribution in [0.2, 0.25) is 0 Å². The van der Waals surface area contributed by atoms with E-state index in [0.717, 1.165) is 17.7 Å². The van der Waals surface area contributed by atoms with Gasteiger partial charge in [-0.25, -0.2) is 4.98 Å². The summed E-state index contributed by atoms with van der Waals surface area (Å²) in [7, 11) is 0. The minimum atomic E-state index is 0.631. The number of hydrogen-bond acceptors (Lipinski definition) is 2. The number of rotatable bonds is 2. The van der Waals surface area contributed by atoms with Crippen LogP contribution >= 0.6 is 0 Å². The molecule has 0 amide bonds. The molecule has 0 N–H and O–H groups in total. The van der Waals surface area contributed by atoms with Crippen LogP contribution in [0.3, 0.4) is 0 Å². The quantitative estimate of drug-likeness (QED) is 0.774. The van der Waals surface area contributed by atoms with E-state index in [-0.39, 0.29) is 0 Å². The average Bonchev–Trinajstić information content (AvgIpc) is 2.73. The van der Waals surface area contributed by atoms with Crippen molar-refractivity contribution in [3.63, 3.8) is 0 Å². The van der Waals surface area contributed by atoms with E-state index in [1.807, 2.05) is 12.3 Å². The Morgan fingerprint density at radius 3 is 2.82 bits per heavy atom. The van der Waals surface area contributed by atoms with Gasteiger partial charge in [-0.15, -0.1) is 0 Å². The largest absolute Gasteiger partial charge is 0.356 e. The van der Waals surface area contributed by atoms with Crippen LogP contribution in [0.1, 0.15) is 33.1 Å². The Balaban J connectivity index is 1.64. The summed E-state index contributed by atoms with van der Waals surface area (Å²) in [5.41, 5.74) is 0.631. The predicted octanol–water partition coefficient (Wildman–Crippen LogP) is 3.34. The highest BCUT2D eigenvalue weighted by Crippen LogP contribution is 2.54. The van der Waals surface area contributed by atoms with E-state index in [9.17, 15) is 0 Å². The zero-order valence-corrected chi connectivity index (χ0v) is 10.9. The maximum atomic E-state index is 4.46. The maximum absolute atomic E-state index is 4.46. The lowest BCUT2D eigenvalue weighted by Crippen LogP contribution is -2.41. The minimum Gasteiger partial charge on any atom is -0.356 e. The normalized spacial score (nSPS) is 32.2. The first-order valence-corrected chi connectivity index (χ1v) is 6.85. The van der Waals surface area contributed by atoms with Gasteiger partial charge in [0.1, 0.15) is 5.82 Å². The third-order valence-electron chi connectivity index (χ3n) is 4.74. The van der Waals surface area contributed by atoms with Gasteiger partial charge in [0.2, 0.25) is 0 Å². The lowest BCUT2D eigenvalue weighted by molar-refractivity contribution is 0.0463. The van der Waals surface area contributed by atoms with Gasteiger partial charge in [0.15, 0.2) is 0 Å². The minimum absolute atomic E-state index is 0.631. The first-order valence-electron chi connectivity index (χ1n) is 6.85. The highest BCUT2D eigenvalue weighted by molar-refractivity contribution is 5.40. The molecule has 1 aromatic heterocycles. The molecule has 0 atom stereocenters. The van der Waals surface area contributed by atoms with Crippen LogP contribution in [0.25, 0.3) is 0 Å². The first kappa shape index (κ1) is 11.1. The molecule has 1 saturated carbocycles. The lowest BCUT2D eigenvalue weighted by atomic mass is 9.58. The van der Waals surface area contributed by atoms with E-state index in [2.05, 4.69) is 35.9 Å². The number of hydrogen-bond donors (Lipinski definition) is 0. The Labute approximate surface area is 104 Å². The first-order chi connectivity index (χ1) is 8.19. The van der Waals surface area contributed by atoms with Crippen molar-refractivity contribution in [1.29, 1.82) is 0 Å². The van der Waals surface area contributed by atoms with Crippen molar-refractivity contribution in [2.75, 3.05) is 18.0 Å². The van der Waals surface area contributed by atoms with Crippen LogP contribution in [0.15, 0.2) is 24.4 Å². The molecular weight excluding hydrogens is 208 g/mol. The summed E-state index contributed by atoms with van der Waals surface area (Å²) in [6.45, 7) is 7.15. The van der Waals surface area contributed by atoms with E-state index in [0.29, 0.717) is 5.41 Å². The Morgan fingerprint density at radius 2 is 2.18 bits per heavy atom. The van der Waals surface area contributed by atoms with Gasteiger partial charge in [0.05, 0.1) is 0 Å². The predicted molar refractivity (Wildman–Crippen MR) is 71.1 cm³/mol. The Morgan fingerprint density at radius 1 is 1.35 bits per heavy atom. The van der Waals surface area contributed by atoms with Gasteiger partial charge in [-0.1, -0.05) is 19.9 Å². The Hall–Kier alpha value is -1.05. The second-order valence-corrected chi connectivity index (χ2v) is 6.27. The maximum Gasteiger partial charge on any atom is 0.128 e. The van der Waals surface area contributed by atoms with E-state index in [1.165, 1.54) is 32.4 Å². The molecule has 2 aliphatic rings. The summed E-state index contributed by atoms with van der Waals surface area (Å²) in [5, 5.41) is 0. The summed E-state index contributed by atoms with van der Waals surface area (Å²) < 4.78 is 0. The Kier molecular flexibility index (Phi) is 2.61. The zero-order valence-electron chi connectivity index (χ0n) is 10.9. The van der Waals surface area contributed by atoms with Crippen molar-refractivity contribution in [1.82, 2.24) is 4.98 Å². The summed E-state index contributed by atoms with van der Waals surface area (Å²) in [5.74, 6) is 3.00. The SMILES string of the molecule is CC(C)C1CC2(CCN(c3ccccn3)C2)C1. The average molecular weight is 230 g/mol. The molecule has 1 spiro atoms.